The smallest absolute Gasteiger partial charge is 0.354 e. The number of aromatic nitrogens is 4. The highest BCUT2D eigenvalue weighted by molar-refractivity contribution is 6.02. The zero-order valence-electron chi connectivity index (χ0n) is 24.4. The number of aryl methyl sites for hydroxylation is 2. The fourth-order valence-corrected chi connectivity index (χ4v) is 6.22. The van der Waals surface area contributed by atoms with E-state index in [-0.39, 0.29) is 24.5 Å². The molecule has 0 radical (unpaired) electrons. The van der Waals surface area contributed by atoms with E-state index in [0.29, 0.717) is 64.6 Å². The number of benzene rings is 1. The molecule has 6 rings (SSSR count). The molecule has 0 spiro atoms. The minimum absolute atomic E-state index is 0.0154. The van der Waals surface area contributed by atoms with Gasteiger partial charge in [-0.2, -0.15) is 4.98 Å². The molecule has 1 fully saturated rings. The first-order chi connectivity index (χ1) is 20.1. The van der Waals surface area contributed by atoms with E-state index in [2.05, 4.69) is 26.4 Å². The Kier molecular flexibility index (Phi) is 6.79. The molecule has 10 heteroatoms. The van der Waals surface area contributed by atoms with E-state index in [9.17, 15) is 9.59 Å². The standard InChI is InChI=1S/C32H33FN6O3/c1-7-24(40)37-12-13-38(20(6)15-37)31-21-14-19(5)25-26-22(33)9-11-34-23(26)16-42-30(25)29(21)39(32(41)36-31)28-18(4)8-10-35-27(28)17(2)3/h7-11,14,17,20H,1,12-13,15-16H2,2-6H3/t20-/m0/s1. The van der Waals surface area contributed by atoms with Crippen molar-refractivity contribution in [2.75, 3.05) is 24.5 Å². The van der Waals surface area contributed by atoms with Gasteiger partial charge in [-0.25, -0.2) is 9.18 Å². The summed E-state index contributed by atoms with van der Waals surface area (Å²) in [6, 6.07) is 5.04. The van der Waals surface area contributed by atoms with Gasteiger partial charge >= 0.3 is 5.69 Å². The number of nitrogens with zero attached hydrogens (tertiary/aromatic N) is 6. The van der Waals surface area contributed by atoms with Gasteiger partial charge in [0.2, 0.25) is 5.91 Å². The molecule has 0 bridgehead atoms. The van der Waals surface area contributed by atoms with Crippen LogP contribution in [0, 0.1) is 19.7 Å². The summed E-state index contributed by atoms with van der Waals surface area (Å²) in [6.07, 6.45) is 4.49. The fraction of sp³-hybridized carbons (Fsp3) is 0.344. The highest BCUT2D eigenvalue weighted by Crippen LogP contribution is 2.47. The Labute approximate surface area is 243 Å². The molecule has 1 aromatic carbocycles. The van der Waals surface area contributed by atoms with E-state index in [0.717, 1.165) is 16.8 Å². The van der Waals surface area contributed by atoms with Crippen LogP contribution in [0.15, 0.2) is 48.0 Å². The number of anilines is 1. The largest absolute Gasteiger partial charge is 0.484 e. The number of rotatable bonds is 4. The monoisotopic (exact) mass is 568 g/mol. The van der Waals surface area contributed by atoms with Gasteiger partial charge in [0.15, 0.2) is 5.75 Å². The van der Waals surface area contributed by atoms with Crippen LogP contribution in [0.4, 0.5) is 10.2 Å². The first-order valence-electron chi connectivity index (χ1n) is 14.1. The van der Waals surface area contributed by atoms with Crippen LogP contribution in [-0.4, -0.2) is 56.0 Å². The van der Waals surface area contributed by atoms with Gasteiger partial charge in [0, 0.05) is 54.6 Å². The number of fused-ring (bicyclic) bond motifs is 5. The second-order valence-electron chi connectivity index (χ2n) is 11.3. The van der Waals surface area contributed by atoms with Crippen molar-refractivity contribution < 1.29 is 13.9 Å². The van der Waals surface area contributed by atoms with Gasteiger partial charge < -0.3 is 14.5 Å². The summed E-state index contributed by atoms with van der Waals surface area (Å²) in [5.74, 6) is 0.407. The van der Waals surface area contributed by atoms with Gasteiger partial charge in [-0.3, -0.25) is 19.3 Å². The highest BCUT2D eigenvalue weighted by Gasteiger charge is 2.33. The number of ether oxygens (including phenoxy) is 1. The van der Waals surface area contributed by atoms with Crippen LogP contribution in [0.1, 0.15) is 49.2 Å². The van der Waals surface area contributed by atoms with Crippen LogP contribution < -0.4 is 15.3 Å². The molecule has 1 amide bonds. The Morgan fingerprint density at radius 1 is 1.14 bits per heavy atom. The second kappa shape index (κ2) is 10.3. The Bertz CT molecular complexity index is 1830. The zero-order valence-corrected chi connectivity index (χ0v) is 24.4. The molecular formula is C32H33FN6O3. The third-order valence-corrected chi connectivity index (χ3v) is 8.20. The second-order valence-corrected chi connectivity index (χ2v) is 11.3. The van der Waals surface area contributed by atoms with Crippen molar-refractivity contribution in [3.63, 3.8) is 0 Å². The fourth-order valence-electron chi connectivity index (χ4n) is 6.22. The van der Waals surface area contributed by atoms with Crippen LogP contribution in [0.3, 0.4) is 0 Å². The Morgan fingerprint density at radius 3 is 2.62 bits per heavy atom. The molecule has 42 heavy (non-hydrogen) atoms. The Hall–Kier alpha value is -4.60. The number of amides is 1. The van der Waals surface area contributed by atoms with Crippen LogP contribution in [0.25, 0.3) is 27.7 Å². The van der Waals surface area contributed by atoms with Crippen molar-refractivity contribution in [1.29, 1.82) is 0 Å². The van der Waals surface area contributed by atoms with E-state index in [1.807, 2.05) is 46.8 Å². The van der Waals surface area contributed by atoms with Gasteiger partial charge in [0.05, 0.1) is 17.1 Å². The van der Waals surface area contributed by atoms with Crippen LogP contribution >= 0.6 is 0 Å². The molecule has 5 heterocycles. The topological polar surface area (TPSA) is 93.5 Å². The third-order valence-electron chi connectivity index (χ3n) is 8.20. The van der Waals surface area contributed by atoms with Crippen molar-refractivity contribution in [1.82, 2.24) is 24.4 Å². The number of carbonyl (C=O) groups excluding carboxylic acids is 1. The summed E-state index contributed by atoms with van der Waals surface area (Å²) in [5.41, 5.74) is 4.50. The Balaban J connectivity index is 1.70. The molecule has 1 saturated heterocycles. The van der Waals surface area contributed by atoms with E-state index in [1.165, 1.54) is 18.3 Å². The predicted molar refractivity (Wildman–Crippen MR) is 160 cm³/mol. The maximum Gasteiger partial charge on any atom is 0.354 e. The van der Waals surface area contributed by atoms with Crippen LogP contribution in [0.2, 0.25) is 0 Å². The number of carbonyl (C=O) groups is 1. The molecule has 0 unspecified atom stereocenters. The van der Waals surface area contributed by atoms with Crippen molar-refractivity contribution >= 4 is 22.6 Å². The Morgan fingerprint density at radius 2 is 1.90 bits per heavy atom. The first kappa shape index (κ1) is 27.6. The number of pyridine rings is 2. The van der Waals surface area contributed by atoms with E-state index < -0.39 is 11.5 Å². The zero-order chi connectivity index (χ0) is 29.9. The number of piperazine rings is 1. The average molecular weight is 569 g/mol. The van der Waals surface area contributed by atoms with Crippen LogP contribution in [0.5, 0.6) is 5.75 Å². The molecule has 2 aliphatic heterocycles. The van der Waals surface area contributed by atoms with Crippen LogP contribution in [-0.2, 0) is 11.4 Å². The molecule has 1 atom stereocenters. The first-order valence-corrected chi connectivity index (χ1v) is 14.1. The summed E-state index contributed by atoms with van der Waals surface area (Å²) in [6.45, 7) is 15.0. The van der Waals surface area contributed by atoms with E-state index in [4.69, 9.17) is 4.74 Å². The lowest BCUT2D eigenvalue weighted by Crippen LogP contribution is -2.54. The average Bonchev–Trinajstić information content (AvgIpc) is 2.97. The maximum absolute atomic E-state index is 15.4. The quantitative estimate of drug-likeness (QED) is 0.325. The third kappa shape index (κ3) is 4.24. The molecule has 0 saturated carbocycles. The van der Waals surface area contributed by atoms with Crippen molar-refractivity contribution in [2.24, 2.45) is 0 Å². The van der Waals surface area contributed by atoms with Gasteiger partial charge in [0.25, 0.3) is 0 Å². The van der Waals surface area contributed by atoms with Gasteiger partial charge in [-0.15, -0.1) is 0 Å². The maximum atomic E-state index is 15.4. The minimum atomic E-state index is -0.487. The predicted octanol–water partition coefficient (Wildman–Crippen LogP) is 4.84. The summed E-state index contributed by atoms with van der Waals surface area (Å²) in [7, 11) is 0. The summed E-state index contributed by atoms with van der Waals surface area (Å²) in [5, 5.41) is 0.701. The summed E-state index contributed by atoms with van der Waals surface area (Å²) in [4.78, 5) is 44.1. The number of hydrogen-bond acceptors (Lipinski definition) is 7. The normalized spacial score (nSPS) is 16.3. The van der Waals surface area contributed by atoms with Gasteiger partial charge in [0.1, 0.15) is 23.8 Å². The molecule has 0 N–H and O–H groups in total. The molecule has 3 aromatic heterocycles. The van der Waals surface area contributed by atoms with Crippen molar-refractivity contribution in [3.05, 3.63) is 82.1 Å². The van der Waals surface area contributed by atoms with E-state index in [1.54, 1.807) is 15.7 Å². The molecule has 0 aliphatic carbocycles. The molecule has 2 aliphatic rings. The van der Waals surface area contributed by atoms with Crippen molar-refractivity contribution in [2.45, 2.75) is 53.2 Å². The molecule has 216 valence electrons. The number of hydrogen-bond donors (Lipinski definition) is 0. The lowest BCUT2D eigenvalue weighted by molar-refractivity contribution is -0.126. The van der Waals surface area contributed by atoms with Crippen molar-refractivity contribution in [3.8, 4) is 22.6 Å². The lowest BCUT2D eigenvalue weighted by atomic mass is 9.93. The molecule has 4 aromatic rings. The lowest BCUT2D eigenvalue weighted by Gasteiger charge is -2.40. The summed E-state index contributed by atoms with van der Waals surface area (Å²) < 4.78 is 23.3. The minimum Gasteiger partial charge on any atom is -0.484 e. The van der Waals surface area contributed by atoms with E-state index >= 15 is 4.39 Å². The number of halogens is 1. The van der Waals surface area contributed by atoms with Gasteiger partial charge in [-0.05, 0) is 62.1 Å². The molecular weight excluding hydrogens is 535 g/mol. The molecule has 9 nitrogen and oxygen atoms in total. The SMILES string of the molecule is C=CC(=O)N1CCN(c2nc(=O)n(-c3c(C)ccnc3C(C)C)c3c4c(c(C)cc23)-c2c(F)ccnc2CO4)[C@@H](C)C1. The van der Waals surface area contributed by atoms with Gasteiger partial charge in [-0.1, -0.05) is 20.4 Å². The highest BCUT2D eigenvalue weighted by atomic mass is 19.1. The summed E-state index contributed by atoms with van der Waals surface area (Å²) >= 11 is 0.